The molecule has 1 aliphatic heterocycles. The lowest BCUT2D eigenvalue weighted by Gasteiger charge is -2.28. The van der Waals surface area contributed by atoms with Crippen LogP contribution in [0.25, 0.3) is 5.69 Å². The molecule has 34 heavy (non-hydrogen) atoms. The third-order valence-corrected chi connectivity index (χ3v) is 7.45. The zero-order valence-corrected chi connectivity index (χ0v) is 21.4. The molecule has 2 aromatic heterocycles. The molecule has 3 heterocycles. The summed E-state index contributed by atoms with van der Waals surface area (Å²) >= 11 is 18.5. The van der Waals surface area contributed by atoms with Crippen molar-refractivity contribution in [2.75, 3.05) is 4.90 Å². The van der Waals surface area contributed by atoms with Gasteiger partial charge in [-0.25, -0.2) is 0 Å². The number of pyridine rings is 1. The Morgan fingerprint density at radius 2 is 1.71 bits per heavy atom. The van der Waals surface area contributed by atoms with E-state index >= 15 is 0 Å². The van der Waals surface area contributed by atoms with Crippen LogP contribution in [0.4, 0.5) is 5.69 Å². The molecular formula is C27H24Cl2N4S. The smallest absolute Gasteiger partial charge is 0.174 e. The molecule has 1 aliphatic rings. The first-order valence-corrected chi connectivity index (χ1v) is 12.2. The lowest BCUT2D eigenvalue weighted by molar-refractivity contribution is 0.565. The van der Waals surface area contributed by atoms with Gasteiger partial charge in [0.25, 0.3) is 0 Å². The zero-order chi connectivity index (χ0) is 24.0. The molecule has 172 valence electrons. The zero-order valence-electron chi connectivity index (χ0n) is 19.1. The van der Waals surface area contributed by atoms with Crippen LogP contribution in [-0.4, -0.2) is 14.7 Å². The number of aryl methyl sites for hydroxylation is 1. The van der Waals surface area contributed by atoms with Gasteiger partial charge < -0.3 is 14.8 Å². The largest absolute Gasteiger partial charge is 0.351 e. The molecule has 7 heteroatoms. The number of rotatable bonds is 4. The van der Waals surface area contributed by atoms with Crippen LogP contribution in [0.15, 0.2) is 72.9 Å². The Morgan fingerprint density at radius 3 is 2.41 bits per heavy atom. The minimum atomic E-state index is -0.112. The van der Waals surface area contributed by atoms with E-state index < -0.39 is 0 Å². The molecule has 0 aliphatic carbocycles. The van der Waals surface area contributed by atoms with E-state index in [9.17, 15) is 0 Å². The molecule has 2 atom stereocenters. The maximum absolute atomic E-state index is 6.47. The number of hydrogen-bond donors (Lipinski definition) is 1. The summed E-state index contributed by atoms with van der Waals surface area (Å²) in [7, 11) is 0. The molecule has 0 saturated carbocycles. The summed E-state index contributed by atoms with van der Waals surface area (Å²) < 4.78 is 2.27. The molecule has 4 aromatic rings. The van der Waals surface area contributed by atoms with Gasteiger partial charge in [-0.15, -0.1) is 0 Å². The number of nitrogens with zero attached hydrogens (tertiary/aromatic N) is 3. The standard InChI is InChI=1S/C27H24Cl2N4S/c1-16-15-21(18(3)32(16)24-9-6-7-22(29)17(24)2)26-25(23-8-4-5-14-30-23)31-27(34)33(26)20-12-10-19(28)11-13-20/h4-15,25-26H,1-3H3,(H,31,34). The fraction of sp³-hybridized carbons (Fsp3) is 0.185. The second kappa shape index (κ2) is 9.06. The van der Waals surface area contributed by atoms with Crippen molar-refractivity contribution in [1.82, 2.24) is 14.9 Å². The fourth-order valence-electron chi connectivity index (χ4n) is 4.85. The van der Waals surface area contributed by atoms with Gasteiger partial charge in [0.05, 0.1) is 17.8 Å². The summed E-state index contributed by atoms with van der Waals surface area (Å²) in [6.45, 7) is 6.33. The van der Waals surface area contributed by atoms with Crippen molar-refractivity contribution in [1.29, 1.82) is 0 Å². The van der Waals surface area contributed by atoms with Crippen LogP contribution < -0.4 is 10.2 Å². The average molecular weight is 507 g/mol. The topological polar surface area (TPSA) is 33.1 Å². The van der Waals surface area contributed by atoms with Gasteiger partial charge in [-0.2, -0.15) is 0 Å². The normalized spacial score (nSPS) is 17.8. The summed E-state index contributed by atoms with van der Waals surface area (Å²) in [6, 6.07) is 21.8. The predicted octanol–water partition coefficient (Wildman–Crippen LogP) is 7.28. The van der Waals surface area contributed by atoms with Gasteiger partial charge in [-0.3, -0.25) is 4.98 Å². The van der Waals surface area contributed by atoms with Crippen molar-refractivity contribution in [2.45, 2.75) is 32.9 Å². The van der Waals surface area contributed by atoms with E-state index in [0.29, 0.717) is 10.1 Å². The molecule has 0 bridgehead atoms. The van der Waals surface area contributed by atoms with Gasteiger partial charge in [0.2, 0.25) is 0 Å². The second-order valence-electron chi connectivity index (χ2n) is 8.52. The van der Waals surface area contributed by atoms with Crippen LogP contribution in [0.1, 0.15) is 40.3 Å². The van der Waals surface area contributed by atoms with E-state index in [1.54, 1.807) is 0 Å². The monoisotopic (exact) mass is 506 g/mol. The second-order valence-corrected chi connectivity index (χ2v) is 9.75. The van der Waals surface area contributed by atoms with Gasteiger partial charge in [0.1, 0.15) is 0 Å². The molecule has 2 unspecified atom stereocenters. The van der Waals surface area contributed by atoms with Crippen molar-refractivity contribution >= 4 is 46.2 Å². The van der Waals surface area contributed by atoms with Crippen LogP contribution in [0.2, 0.25) is 10.0 Å². The molecule has 1 N–H and O–H groups in total. The van der Waals surface area contributed by atoms with Crippen LogP contribution in [0.3, 0.4) is 0 Å². The van der Waals surface area contributed by atoms with E-state index in [-0.39, 0.29) is 12.1 Å². The van der Waals surface area contributed by atoms with Gasteiger partial charge in [0.15, 0.2) is 5.11 Å². The number of nitrogens with one attached hydrogen (secondary N) is 1. The van der Waals surface area contributed by atoms with Gasteiger partial charge >= 0.3 is 0 Å². The van der Waals surface area contributed by atoms with Crippen LogP contribution in [-0.2, 0) is 0 Å². The lowest BCUT2D eigenvalue weighted by atomic mass is 9.96. The van der Waals surface area contributed by atoms with Crippen LogP contribution in [0.5, 0.6) is 0 Å². The number of hydrogen-bond acceptors (Lipinski definition) is 2. The Hall–Kier alpha value is -2.86. The SMILES string of the molecule is Cc1c(Cl)cccc1-n1c(C)cc(C2C(c3ccccn3)NC(=S)N2c2ccc(Cl)cc2)c1C. The Balaban J connectivity index is 1.70. The summed E-state index contributed by atoms with van der Waals surface area (Å²) in [5, 5.41) is 5.63. The van der Waals surface area contributed by atoms with Gasteiger partial charge in [-0.05, 0) is 98.7 Å². The summed E-state index contributed by atoms with van der Waals surface area (Å²) in [5.74, 6) is 0. The van der Waals surface area contributed by atoms with Crippen molar-refractivity contribution in [3.8, 4) is 5.69 Å². The summed E-state index contributed by atoms with van der Waals surface area (Å²) in [4.78, 5) is 6.83. The number of anilines is 1. The Labute approximate surface area is 215 Å². The molecule has 1 saturated heterocycles. The van der Waals surface area contributed by atoms with Crippen LogP contribution in [0, 0.1) is 20.8 Å². The summed E-state index contributed by atoms with van der Waals surface area (Å²) in [5.41, 5.74) is 7.49. The third kappa shape index (κ3) is 3.88. The first kappa shape index (κ1) is 22.9. The Morgan fingerprint density at radius 1 is 0.941 bits per heavy atom. The van der Waals surface area contributed by atoms with E-state index in [0.717, 1.165) is 39.0 Å². The minimum Gasteiger partial charge on any atom is -0.351 e. The highest BCUT2D eigenvalue weighted by atomic mass is 35.5. The molecule has 4 nitrogen and oxygen atoms in total. The van der Waals surface area contributed by atoms with Crippen molar-refractivity contribution in [3.05, 3.63) is 111 Å². The third-order valence-electron chi connectivity index (χ3n) is 6.47. The van der Waals surface area contributed by atoms with Crippen molar-refractivity contribution in [3.63, 3.8) is 0 Å². The average Bonchev–Trinajstić information content (AvgIpc) is 3.32. The maximum Gasteiger partial charge on any atom is 0.174 e. The molecule has 0 radical (unpaired) electrons. The van der Waals surface area contributed by atoms with Gasteiger partial charge in [0, 0.05) is 39.0 Å². The predicted molar refractivity (Wildman–Crippen MR) is 144 cm³/mol. The van der Waals surface area contributed by atoms with Crippen molar-refractivity contribution < 1.29 is 0 Å². The Bertz CT molecular complexity index is 1370. The number of thiocarbonyl (C=S) groups is 1. The van der Waals surface area contributed by atoms with E-state index in [1.165, 1.54) is 5.56 Å². The van der Waals surface area contributed by atoms with Gasteiger partial charge in [-0.1, -0.05) is 35.3 Å². The number of aromatic nitrogens is 2. The highest BCUT2D eigenvalue weighted by Gasteiger charge is 2.42. The molecule has 1 fully saturated rings. The molecule has 0 spiro atoms. The van der Waals surface area contributed by atoms with E-state index in [4.69, 9.17) is 35.4 Å². The number of halogens is 2. The number of benzene rings is 2. The molecular weight excluding hydrogens is 483 g/mol. The fourth-order valence-corrected chi connectivity index (χ4v) is 5.49. The van der Waals surface area contributed by atoms with E-state index in [1.807, 2.05) is 60.8 Å². The van der Waals surface area contributed by atoms with E-state index in [2.05, 4.69) is 52.7 Å². The quantitative estimate of drug-likeness (QED) is 0.294. The first-order valence-electron chi connectivity index (χ1n) is 11.1. The molecule has 2 aromatic carbocycles. The molecule has 0 amide bonds. The highest BCUT2D eigenvalue weighted by molar-refractivity contribution is 7.80. The minimum absolute atomic E-state index is 0.0944. The Kier molecular flexibility index (Phi) is 6.11. The summed E-state index contributed by atoms with van der Waals surface area (Å²) in [6.07, 6.45) is 1.82. The van der Waals surface area contributed by atoms with Crippen LogP contribution >= 0.6 is 35.4 Å². The molecule has 5 rings (SSSR count). The first-order chi connectivity index (χ1) is 16.4. The maximum atomic E-state index is 6.47. The van der Waals surface area contributed by atoms with Crippen molar-refractivity contribution in [2.24, 2.45) is 0 Å². The lowest BCUT2D eigenvalue weighted by Crippen LogP contribution is -2.29. The highest BCUT2D eigenvalue weighted by Crippen LogP contribution is 2.44.